The van der Waals surface area contributed by atoms with Crippen LogP contribution in [0, 0.1) is 0 Å². The number of carboxylic acid groups (broad SMARTS) is 1. The van der Waals surface area contributed by atoms with Crippen molar-refractivity contribution in [2.24, 2.45) is 5.73 Å². The van der Waals surface area contributed by atoms with Gasteiger partial charge in [0.25, 0.3) is 0 Å². The van der Waals surface area contributed by atoms with Crippen LogP contribution in [0.25, 0.3) is 0 Å². The second kappa shape index (κ2) is 6.73. The Balaban J connectivity index is 0.000000583. The van der Waals surface area contributed by atoms with Gasteiger partial charge in [0.2, 0.25) is 0 Å². The summed E-state index contributed by atoms with van der Waals surface area (Å²) in [4.78, 5) is 10.7. The molecule has 1 rings (SSSR count). The Morgan fingerprint density at radius 1 is 1.40 bits per heavy atom. The normalized spacial score (nSPS) is 8.33. The number of nitrogens with two attached hydrogens (primary N) is 1. The van der Waals surface area contributed by atoms with Crippen LogP contribution in [-0.2, 0) is 0 Å². The Kier molecular flexibility index (Phi) is 5.97. The molecule has 0 aromatic heterocycles. The molecule has 1 aromatic carbocycles. The van der Waals surface area contributed by atoms with Crippen LogP contribution in [0.2, 0.25) is 0 Å². The number of carboxylic acids is 1. The van der Waals surface area contributed by atoms with Crippen molar-refractivity contribution in [3.05, 3.63) is 48.0 Å². The van der Waals surface area contributed by atoms with Gasteiger partial charge in [0.1, 0.15) is 4.99 Å². The Labute approximate surface area is 94.2 Å². The summed E-state index contributed by atoms with van der Waals surface area (Å²) in [5.41, 5.74) is 6.23. The maximum absolute atomic E-state index is 10.4. The van der Waals surface area contributed by atoms with E-state index in [4.69, 9.17) is 23.1 Å². The molecule has 0 heterocycles. The fourth-order valence-electron chi connectivity index (χ4n) is 0.777. The van der Waals surface area contributed by atoms with E-state index < -0.39 is 5.97 Å². The van der Waals surface area contributed by atoms with E-state index in [9.17, 15) is 4.79 Å². The van der Waals surface area contributed by atoms with Crippen molar-refractivity contribution < 1.29 is 9.90 Å². The van der Waals surface area contributed by atoms with Crippen LogP contribution >= 0.6 is 12.2 Å². The molecule has 4 heteroatoms. The molecule has 0 unspecified atom stereocenters. The molecule has 0 fully saturated rings. The summed E-state index contributed by atoms with van der Waals surface area (Å²) in [6, 6.07) is 6.12. The number of hydrogen-bond donors (Lipinski definition) is 2. The lowest BCUT2D eigenvalue weighted by Gasteiger charge is -1.97. The van der Waals surface area contributed by atoms with E-state index in [0.29, 0.717) is 5.56 Å². The molecular weight excluding hydrogens is 210 g/mol. The van der Waals surface area contributed by atoms with Crippen molar-refractivity contribution >= 4 is 23.2 Å². The first kappa shape index (κ1) is 13.3. The average Bonchev–Trinajstić information content (AvgIpc) is 2.19. The minimum atomic E-state index is -0.954. The van der Waals surface area contributed by atoms with Gasteiger partial charge in [0.05, 0.1) is 5.56 Å². The number of carbonyl (C=O) groups is 1. The highest BCUT2D eigenvalue weighted by atomic mass is 32.1. The van der Waals surface area contributed by atoms with Crippen molar-refractivity contribution in [2.75, 3.05) is 0 Å². The summed E-state index contributed by atoms with van der Waals surface area (Å²) in [5, 5.41) is 8.55. The van der Waals surface area contributed by atoms with Gasteiger partial charge in [-0.05, 0) is 19.1 Å². The molecule has 3 N–H and O–H groups in total. The lowest BCUT2D eigenvalue weighted by atomic mass is 10.1. The summed E-state index contributed by atoms with van der Waals surface area (Å²) in [5.74, 6) is -0.954. The molecule has 0 aliphatic heterocycles. The second-order valence-corrected chi connectivity index (χ2v) is 3.09. The zero-order valence-corrected chi connectivity index (χ0v) is 9.25. The molecule has 0 aliphatic carbocycles. The van der Waals surface area contributed by atoms with Gasteiger partial charge < -0.3 is 10.8 Å². The smallest absolute Gasteiger partial charge is 0.335 e. The van der Waals surface area contributed by atoms with Gasteiger partial charge in [0, 0.05) is 5.56 Å². The van der Waals surface area contributed by atoms with E-state index in [1.807, 2.05) is 6.92 Å². The minimum Gasteiger partial charge on any atom is -0.478 e. The molecule has 0 spiro atoms. The van der Waals surface area contributed by atoms with Gasteiger partial charge in [-0.1, -0.05) is 30.4 Å². The topological polar surface area (TPSA) is 63.3 Å². The summed E-state index contributed by atoms with van der Waals surface area (Å²) >= 11 is 4.70. The lowest BCUT2D eigenvalue weighted by molar-refractivity contribution is 0.0697. The molecule has 0 amide bonds. The van der Waals surface area contributed by atoms with Gasteiger partial charge in [-0.3, -0.25) is 0 Å². The van der Waals surface area contributed by atoms with Crippen LogP contribution in [0.4, 0.5) is 0 Å². The van der Waals surface area contributed by atoms with Crippen LogP contribution in [0.1, 0.15) is 22.8 Å². The Hall–Kier alpha value is -1.68. The highest BCUT2D eigenvalue weighted by Gasteiger charge is 2.01. The monoisotopic (exact) mass is 223 g/mol. The van der Waals surface area contributed by atoms with Crippen molar-refractivity contribution in [2.45, 2.75) is 6.92 Å². The maximum Gasteiger partial charge on any atom is 0.335 e. The van der Waals surface area contributed by atoms with Gasteiger partial charge in [-0.2, -0.15) is 0 Å². The van der Waals surface area contributed by atoms with Crippen molar-refractivity contribution in [3.8, 4) is 0 Å². The molecule has 0 radical (unpaired) electrons. The van der Waals surface area contributed by atoms with E-state index in [1.165, 1.54) is 12.1 Å². The SMILES string of the molecule is C=CC.NC(=S)c1ccc(C(=O)O)cc1. The molecular formula is C11H13NO2S. The summed E-state index contributed by atoms with van der Waals surface area (Å²) in [6.45, 7) is 5.25. The number of rotatable bonds is 2. The first-order valence-electron chi connectivity index (χ1n) is 4.23. The number of thiocarbonyl (C=S) groups is 1. The van der Waals surface area contributed by atoms with Crippen LogP contribution in [0.5, 0.6) is 0 Å². The Morgan fingerprint density at radius 3 is 2.00 bits per heavy atom. The lowest BCUT2D eigenvalue weighted by Crippen LogP contribution is -2.09. The Bertz CT molecular complexity index is 324. The van der Waals surface area contributed by atoms with E-state index in [0.717, 1.165) is 0 Å². The molecule has 0 saturated heterocycles. The second-order valence-electron chi connectivity index (χ2n) is 2.66. The third-order valence-corrected chi connectivity index (χ3v) is 1.65. The van der Waals surface area contributed by atoms with E-state index >= 15 is 0 Å². The largest absolute Gasteiger partial charge is 0.478 e. The summed E-state index contributed by atoms with van der Waals surface area (Å²) in [7, 11) is 0. The third-order valence-electron chi connectivity index (χ3n) is 1.42. The molecule has 1 aromatic rings. The van der Waals surface area contributed by atoms with Gasteiger partial charge in [-0.25, -0.2) is 4.79 Å². The fourth-order valence-corrected chi connectivity index (χ4v) is 0.913. The van der Waals surface area contributed by atoms with Gasteiger partial charge in [-0.15, -0.1) is 6.58 Å². The number of allylic oxidation sites excluding steroid dienone is 1. The van der Waals surface area contributed by atoms with Crippen LogP contribution in [-0.4, -0.2) is 16.1 Å². The van der Waals surface area contributed by atoms with E-state index in [2.05, 4.69) is 6.58 Å². The molecule has 15 heavy (non-hydrogen) atoms. The highest BCUT2D eigenvalue weighted by molar-refractivity contribution is 7.80. The number of hydrogen-bond acceptors (Lipinski definition) is 2. The number of benzene rings is 1. The summed E-state index contributed by atoms with van der Waals surface area (Å²) in [6.07, 6.45) is 1.75. The first-order chi connectivity index (χ1) is 7.02. The third kappa shape index (κ3) is 4.93. The zero-order chi connectivity index (χ0) is 11.8. The van der Waals surface area contributed by atoms with Crippen LogP contribution < -0.4 is 5.73 Å². The standard InChI is InChI=1S/C8H7NO2S.C3H6/c9-7(12)5-1-3-6(4-2-5)8(10)11;1-3-2/h1-4H,(H2,9,12)(H,10,11);3H,1H2,2H3. The molecule has 3 nitrogen and oxygen atoms in total. The van der Waals surface area contributed by atoms with Crippen LogP contribution in [0.3, 0.4) is 0 Å². The molecule has 0 bridgehead atoms. The van der Waals surface area contributed by atoms with Crippen molar-refractivity contribution in [3.63, 3.8) is 0 Å². The molecule has 0 saturated carbocycles. The van der Waals surface area contributed by atoms with E-state index in [-0.39, 0.29) is 10.6 Å². The van der Waals surface area contributed by atoms with Crippen molar-refractivity contribution in [1.82, 2.24) is 0 Å². The van der Waals surface area contributed by atoms with Crippen molar-refractivity contribution in [1.29, 1.82) is 0 Å². The predicted octanol–water partition coefficient (Wildman–Crippen LogP) is 2.21. The fraction of sp³-hybridized carbons (Fsp3) is 0.0909. The Morgan fingerprint density at radius 2 is 1.73 bits per heavy atom. The highest BCUT2D eigenvalue weighted by Crippen LogP contribution is 2.03. The molecule has 0 aliphatic rings. The first-order valence-corrected chi connectivity index (χ1v) is 4.64. The van der Waals surface area contributed by atoms with Gasteiger partial charge >= 0.3 is 5.97 Å². The van der Waals surface area contributed by atoms with E-state index in [1.54, 1.807) is 18.2 Å². The van der Waals surface area contributed by atoms with Gasteiger partial charge in [0.15, 0.2) is 0 Å². The maximum atomic E-state index is 10.4. The number of aromatic carboxylic acids is 1. The minimum absolute atomic E-state index is 0.231. The quantitative estimate of drug-likeness (QED) is 0.596. The van der Waals surface area contributed by atoms with Crippen LogP contribution in [0.15, 0.2) is 36.9 Å². The predicted molar refractivity (Wildman–Crippen MR) is 65.2 cm³/mol. The average molecular weight is 223 g/mol. The summed E-state index contributed by atoms with van der Waals surface area (Å²) < 4.78 is 0. The molecule has 80 valence electrons. The molecule has 0 atom stereocenters. The zero-order valence-electron chi connectivity index (χ0n) is 8.43.